The number of ether oxygens (including phenoxy) is 1. The van der Waals surface area contributed by atoms with E-state index in [1.54, 1.807) is 0 Å². The zero-order chi connectivity index (χ0) is 19.7. The van der Waals surface area contributed by atoms with Gasteiger partial charge in [0.2, 0.25) is 5.91 Å². The number of piperidine rings is 1. The van der Waals surface area contributed by atoms with E-state index in [9.17, 15) is 14.7 Å². The van der Waals surface area contributed by atoms with E-state index in [-0.39, 0.29) is 5.91 Å². The first-order valence-electron chi connectivity index (χ1n) is 10.5. The Morgan fingerprint density at radius 1 is 1.25 bits per heavy atom. The molecule has 1 atom stereocenters. The molecule has 4 rings (SSSR count). The lowest BCUT2D eigenvalue weighted by atomic mass is 9.85. The van der Waals surface area contributed by atoms with Crippen LogP contribution in [0.3, 0.4) is 0 Å². The SMILES string of the molecule is CC(CCC(=O)N1CCC2(CC1)OCCc1cc(C(=O)O)sc12)N1CCCC1. The molecule has 0 radical (unpaired) electrons. The largest absolute Gasteiger partial charge is 0.477 e. The van der Waals surface area contributed by atoms with Crippen molar-refractivity contribution in [2.24, 2.45) is 0 Å². The summed E-state index contributed by atoms with van der Waals surface area (Å²) in [6.07, 6.45) is 6.38. The Morgan fingerprint density at radius 3 is 2.64 bits per heavy atom. The van der Waals surface area contributed by atoms with Crippen molar-refractivity contribution in [1.82, 2.24) is 9.80 Å². The number of fused-ring (bicyclic) bond motifs is 2. The van der Waals surface area contributed by atoms with Crippen LogP contribution in [0, 0.1) is 0 Å². The van der Waals surface area contributed by atoms with E-state index in [0.717, 1.165) is 36.1 Å². The third-order valence-corrected chi connectivity index (χ3v) is 8.00. The average molecular weight is 407 g/mol. The molecule has 4 heterocycles. The second-order valence-corrected chi connectivity index (χ2v) is 9.43. The van der Waals surface area contributed by atoms with Gasteiger partial charge in [-0.05, 0) is 70.2 Å². The molecule has 2 saturated heterocycles. The van der Waals surface area contributed by atoms with E-state index in [1.807, 2.05) is 11.0 Å². The number of carbonyl (C=O) groups is 2. The quantitative estimate of drug-likeness (QED) is 0.814. The van der Waals surface area contributed by atoms with Gasteiger partial charge >= 0.3 is 5.97 Å². The molecule has 1 spiro atoms. The number of carboxylic acid groups (broad SMARTS) is 1. The highest BCUT2D eigenvalue weighted by Gasteiger charge is 2.43. The molecule has 1 N–H and O–H groups in total. The minimum Gasteiger partial charge on any atom is -0.477 e. The summed E-state index contributed by atoms with van der Waals surface area (Å²) >= 11 is 1.35. The fourth-order valence-electron chi connectivity index (χ4n) is 4.87. The maximum Gasteiger partial charge on any atom is 0.345 e. The standard InChI is InChI=1S/C21H30N2O4S/c1-15(22-9-2-3-10-22)4-5-18(24)23-11-7-21(8-12-23)19-16(6-13-27-21)14-17(28-19)20(25)26/h14-15H,2-13H2,1H3,(H,25,26). The predicted octanol–water partition coefficient (Wildman–Crippen LogP) is 3.10. The highest BCUT2D eigenvalue weighted by Crippen LogP contribution is 2.45. The number of likely N-dealkylation sites (tertiary alicyclic amines) is 2. The molecule has 6 nitrogen and oxygen atoms in total. The summed E-state index contributed by atoms with van der Waals surface area (Å²) in [5, 5.41) is 9.33. The fraction of sp³-hybridized carbons (Fsp3) is 0.714. The first-order valence-corrected chi connectivity index (χ1v) is 11.3. The molecule has 28 heavy (non-hydrogen) atoms. The predicted molar refractivity (Wildman–Crippen MR) is 108 cm³/mol. The van der Waals surface area contributed by atoms with Gasteiger partial charge in [0.05, 0.1) is 6.61 Å². The highest BCUT2D eigenvalue weighted by molar-refractivity contribution is 7.14. The lowest BCUT2D eigenvalue weighted by Gasteiger charge is -2.43. The zero-order valence-electron chi connectivity index (χ0n) is 16.6. The maximum atomic E-state index is 12.7. The molecular formula is C21H30N2O4S. The van der Waals surface area contributed by atoms with Crippen molar-refractivity contribution in [3.05, 3.63) is 21.4 Å². The van der Waals surface area contributed by atoms with Crippen molar-refractivity contribution < 1.29 is 19.4 Å². The summed E-state index contributed by atoms with van der Waals surface area (Å²) in [5.74, 6) is -0.622. The molecule has 1 amide bonds. The lowest BCUT2D eigenvalue weighted by Crippen LogP contribution is -2.48. The Labute approximate surface area is 170 Å². The van der Waals surface area contributed by atoms with Gasteiger partial charge in [0.15, 0.2) is 0 Å². The third kappa shape index (κ3) is 3.84. The van der Waals surface area contributed by atoms with Crippen LogP contribution in [0.25, 0.3) is 0 Å². The van der Waals surface area contributed by atoms with Crippen molar-refractivity contribution in [3.63, 3.8) is 0 Å². The summed E-state index contributed by atoms with van der Waals surface area (Å²) in [6, 6.07) is 2.29. The van der Waals surface area contributed by atoms with Crippen molar-refractivity contribution in [2.45, 2.75) is 63.5 Å². The van der Waals surface area contributed by atoms with Gasteiger partial charge in [0.25, 0.3) is 0 Å². The van der Waals surface area contributed by atoms with E-state index in [1.165, 1.54) is 37.3 Å². The molecule has 7 heteroatoms. The number of rotatable bonds is 5. The van der Waals surface area contributed by atoms with E-state index in [2.05, 4.69) is 11.8 Å². The summed E-state index contributed by atoms with van der Waals surface area (Å²) < 4.78 is 6.19. The van der Waals surface area contributed by atoms with Gasteiger partial charge in [0, 0.05) is 30.4 Å². The second-order valence-electron chi connectivity index (χ2n) is 8.37. The number of nitrogens with zero attached hydrogens (tertiary/aromatic N) is 2. The number of amides is 1. The minimum atomic E-state index is -0.866. The number of carbonyl (C=O) groups excluding carboxylic acids is 1. The van der Waals surface area contributed by atoms with Crippen LogP contribution in [-0.4, -0.2) is 65.6 Å². The second kappa shape index (κ2) is 8.13. The normalized spacial score (nSPS) is 23.0. The zero-order valence-corrected chi connectivity index (χ0v) is 17.4. The van der Waals surface area contributed by atoms with Gasteiger partial charge in [-0.3, -0.25) is 4.79 Å². The summed E-state index contributed by atoms with van der Waals surface area (Å²) in [5.41, 5.74) is 0.721. The number of aromatic carboxylic acids is 1. The van der Waals surface area contributed by atoms with Crippen LogP contribution < -0.4 is 0 Å². The van der Waals surface area contributed by atoms with E-state index in [4.69, 9.17) is 4.74 Å². The molecule has 0 bridgehead atoms. The number of thiophene rings is 1. The van der Waals surface area contributed by atoms with E-state index in [0.29, 0.717) is 37.0 Å². The molecular weight excluding hydrogens is 376 g/mol. The van der Waals surface area contributed by atoms with Crippen LogP contribution in [-0.2, 0) is 21.6 Å². The monoisotopic (exact) mass is 406 g/mol. The lowest BCUT2D eigenvalue weighted by molar-refractivity contribution is -0.140. The first kappa shape index (κ1) is 19.9. The topological polar surface area (TPSA) is 70.1 Å². The third-order valence-electron chi connectivity index (χ3n) is 6.65. The molecule has 3 aliphatic heterocycles. The van der Waals surface area contributed by atoms with Gasteiger partial charge in [0.1, 0.15) is 10.5 Å². The Hall–Kier alpha value is -1.44. The van der Waals surface area contributed by atoms with Crippen LogP contribution >= 0.6 is 11.3 Å². The summed E-state index contributed by atoms with van der Waals surface area (Å²) in [7, 11) is 0. The molecule has 2 fully saturated rings. The fourth-order valence-corrected chi connectivity index (χ4v) is 6.12. The first-order chi connectivity index (χ1) is 13.5. The Balaban J connectivity index is 1.34. The molecule has 1 unspecified atom stereocenters. The Bertz CT molecular complexity index is 733. The van der Waals surface area contributed by atoms with Crippen molar-refractivity contribution in [1.29, 1.82) is 0 Å². The maximum absolute atomic E-state index is 12.7. The van der Waals surface area contributed by atoms with Crippen LogP contribution in [0.2, 0.25) is 0 Å². The molecule has 1 aromatic heterocycles. The Morgan fingerprint density at radius 2 is 1.96 bits per heavy atom. The number of carboxylic acids is 1. The average Bonchev–Trinajstić information content (AvgIpc) is 3.37. The smallest absolute Gasteiger partial charge is 0.345 e. The number of hydrogen-bond donors (Lipinski definition) is 1. The molecule has 154 valence electrons. The highest BCUT2D eigenvalue weighted by atomic mass is 32.1. The summed E-state index contributed by atoms with van der Waals surface area (Å²) in [4.78, 5) is 30.0. The van der Waals surface area contributed by atoms with Crippen molar-refractivity contribution in [3.8, 4) is 0 Å². The van der Waals surface area contributed by atoms with Gasteiger partial charge in [-0.25, -0.2) is 4.79 Å². The van der Waals surface area contributed by atoms with Crippen LogP contribution in [0.15, 0.2) is 6.07 Å². The van der Waals surface area contributed by atoms with E-state index < -0.39 is 11.6 Å². The van der Waals surface area contributed by atoms with Gasteiger partial charge in [-0.15, -0.1) is 11.3 Å². The molecule has 0 aliphatic carbocycles. The van der Waals surface area contributed by atoms with Gasteiger partial charge < -0.3 is 19.6 Å². The van der Waals surface area contributed by atoms with Gasteiger partial charge in [-0.2, -0.15) is 0 Å². The Kier molecular flexibility index (Phi) is 5.76. The molecule has 0 saturated carbocycles. The number of hydrogen-bond acceptors (Lipinski definition) is 5. The molecule has 0 aromatic carbocycles. The van der Waals surface area contributed by atoms with Gasteiger partial charge in [-0.1, -0.05) is 0 Å². The molecule has 3 aliphatic rings. The van der Waals surface area contributed by atoms with Crippen molar-refractivity contribution >= 4 is 23.2 Å². The van der Waals surface area contributed by atoms with E-state index >= 15 is 0 Å². The van der Waals surface area contributed by atoms with Crippen molar-refractivity contribution in [2.75, 3.05) is 32.8 Å². The van der Waals surface area contributed by atoms with Crippen LogP contribution in [0.5, 0.6) is 0 Å². The van der Waals surface area contributed by atoms with Crippen LogP contribution in [0.4, 0.5) is 0 Å². The van der Waals surface area contributed by atoms with Crippen LogP contribution in [0.1, 0.15) is 65.6 Å². The minimum absolute atomic E-state index is 0.245. The molecule has 1 aromatic rings. The summed E-state index contributed by atoms with van der Waals surface area (Å²) in [6.45, 7) is 6.58.